The number of hydrogen-bond acceptors (Lipinski definition) is 14. The average molecular weight is 583 g/mol. The number of carboxylic acids is 7. The maximum absolute atomic E-state index is 10.6. The third kappa shape index (κ3) is 96.4. The lowest BCUT2D eigenvalue weighted by atomic mass is 10.4. The highest BCUT2D eigenvalue weighted by atomic mass is 16.5. The molecular formula is C18H42N6O15. The van der Waals surface area contributed by atoms with E-state index < -0.39 is 68.0 Å². The van der Waals surface area contributed by atoms with Gasteiger partial charge in [-0.15, -0.1) is 0 Å². The van der Waals surface area contributed by atoms with Gasteiger partial charge in [-0.2, -0.15) is 0 Å². The maximum Gasteiger partial charge on any atom is 0.317 e. The summed E-state index contributed by atoms with van der Waals surface area (Å²) in [5, 5.41) is 64.5. The van der Waals surface area contributed by atoms with Crippen molar-refractivity contribution in [1.29, 1.82) is 0 Å². The molecule has 0 radical (unpaired) electrons. The normalized spacial score (nSPS) is 8.49. The van der Waals surface area contributed by atoms with Gasteiger partial charge in [-0.25, -0.2) is 5.48 Å². The number of aliphatic carboxylic acids is 7. The van der Waals surface area contributed by atoms with E-state index >= 15 is 0 Å². The van der Waals surface area contributed by atoms with Crippen LogP contribution in [0.1, 0.15) is 20.8 Å². The molecule has 0 aliphatic rings. The van der Waals surface area contributed by atoms with Crippen LogP contribution in [0.3, 0.4) is 0 Å². The minimum Gasteiger partial charge on any atom is -0.481 e. The van der Waals surface area contributed by atoms with Gasteiger partial charge in [-0.1, -0.05) is 0 Å². The van der Waals surface area contributed by atoms with Gasteiger partial charge < -0.3 is 59.0 Å². The SMILES string of the molecule is CC(=O)O.CC(=O)O.CC(=O)O.N.N.NCCNO.O=C(O)CN(CCN(CC(=O)O)CC(=O)O)CC(=O)O. The molecule has 0 amide bonds. The second-order valence-electron chi connectivity index (χ2n) is 6.25. The molecular weight excluding hydrogens is 540 g/mol. The third-order valence-electron chi connectivity index (χ3n) is 2.42. The Morgan fingerprint density at radius 1 is 0.564 bits per heavy atom. The first kappa shape index (κ1) is 51.6. The molecule has 0 unspecified atom stereocenters. The summed E-state index contributed by atoms with van der Waals surface area (Å²) in [6.45, 7) is 1.95. The van der Waals surface area contributed by atoms with E-state index in [1.807, 2.05) is 5.48 Å². The lowest BCUT2D eigenvalue weighted by Crippen LogP contribution is -2.43. The summed E-state index contributed by atoms with van der Waals surface area (Å²) >= 11 is 0. The molecule has 21 heteroatoms. The van der Waals surface area contributed by atoms with Gasteiger partial charge in [0.1, 0.15) is 0 Å². The summed E-state index contributed by atoms with van der Waals surface area (Å²) in [6, 6.07) is 0. The molecule has 0 saturated heterocycles. The summed E-state index contributed by atoms with van der Waals surface area (Å²) in [5.74, 6) is -7.41. The summed E-state index contributed by atoms with van der Waals surface area (Å²) in [6.07, 6.45) is 0. The maximum atomic E-state index is 10.6. The van der Waals surface area contributed by atoms with Crippen LogP contribution in [0.25, 0.3) is 0 Å². The van der Waals surface area contributed by atoms with Crippen LogP contribution in [0.2, 0.25) is 0 Å². The van der Waals surface area contributed by atoms with Crippen LogP contribution in [0, 0.1) is 0 Å². The standard InChI is InChI=1S/C10H16N2O8.C2H8N2O.3C2H4O2.2H3N/c13-7(14)3-11(4-8(15)16)1-2-12(5-9(17)18)6-10(19)20;3-1-2-4-5;3*1-2(3)4;;/h1-6H2,(H,13,14)(H,15,16)(H,17,18)(H,19,20);4-5H,1-3H2;3*1H3,(H,3,4);2*1H3. The number of hydrogen-bond donors (Lipinski definition) is 12. The molecule has 0 aromatic carbocycles. The first-order valence-electron chi connectivity index (χ1n) is 9.79. The number of carbonyl (C=O) groups is 7. The number of rotatable bonds is 13. The minimum absolute atomic E-state index is 0. The smallest absolute Gasteiger partial charge is 0.317 e. The van der Waals surface area contributed by atoms with E-state index in [0.29, 0.717) is 13.1 Å². The van der Waals surface area contributed by atoms with Gasteiger partial charge in [0.15, 0.2) is 0 Å². The first-order valence-corrected chi connectivity index (χ1v) is 9.79. The molecule has 0 saturated carbocycles. The van der Waals surface area contributed by atoms with Crippen LogP contribution < -0.4 is 23.5 Å². The van der Waals surface area contributed by atoms with Crippen molar-refractivity contribution in [1.82, 2.24) is 27.6 Å². The number of carboxylic acid groups (broad SMARTS) is 7. The molecule has 0 atom stereocenters. The number of nitrogens with one attached hydrogen (secondary N) is 1. The van der Waals surface area contributed by atoms with E-state index in [0.717, 1.165) is 30.6 Å². The topological polar surface area (TPSA) is 396 Å². The Balaban J connectivity index is -0.0000000880. The molecule has 0 bridgehead atoms. The van der Waals surface area contributed by atoms with Crippen LogP contribution >= 0.6 is 0 Å². The van der Waals surface area contributed by atoms with Gasteiger partial charge in [0.2, 0.25) is 0 Å². The highest BCUT2D eigenvalue weighted by Crippen LogP contribution is 1.94. The summed E-state index contributed by atoms with van der Waals surface area (Å²) in [4.78, 5) is 71.4. The van der Waals surface area contributed by atoms with Crippen LogP contribution in [0.5, 0.6) is 0 Å². The molecule has 0 aliphatic heterocycles. The van der Waals surface area contributed by atoms with Crippen molar-refractivity contribution in [3.63, 3.8) is 0 Å². The third-order valence-corrected chi connectivity index (χ3v) is 2.42. The van der Waals surface area contributed by atoms with Crippen molar-refractivity contribution in [2.75, 3.05) is 52.4 Å². The summed E-state index contributed by atoms with van der Waals surface area (Å²) in [5.41, 5.74) is 6.81. The van der Waals surface area contributed by atoms with Gasteiger partial charge >= 0.3 is 23.9 Å². The van der Waals surface area contributed by atoms with Gasteiger partial charge in [0.25, 0.3) is 17.9 Å². The predicted molar refractivity (Wildman–Crippen MR) is 132 cm³/mol. The molecule has 0 aromatic rings. The van der Waals surface area contributed by atoms with Gasteiger partial charge in [0.05, 0.1) is 26.2 Å². The summed E-state index contributed by atoms with van der Waals surface area (Å²) < 4.78 is 0. The van der Waals surface area contributed by atoms with Gasteiger partial charge in [-0.05, 0) is 0 Å². The van der Waals surface area contributed by atoms with Crippen molar-refractivity contribution in [3.05, 3.63) is 0 Å². The Kier molecular flexibility index (Phi) is 47.9. The number of nitrogens with two attached hydrogens (primary N) is 1. The van der Waals surface area contributed by atoms with E-state index in [1.54, 1.807) is 0 Å². The minimum atomic E-state index is -1.23. The highest BCUT2D eigenvalue weighted by Gasteiger charge is 2.17. The van der Waals surface area contributed by atoms with Crippen LogP contribution in [0.4, 0.5) is 0 Å². The lowest BCUT2D eigenvalue weighted by molar-refractivity contribution is -0.145. The highest BCUT2D eigenvalue weighted by molar-refractivity contribution is 5.73. The fourth-order valence-corrected chi connectivity index (χ4v) is 1.54. The molecule has 0 heterocycles. The van der Waals surface area contributed by atoms with Gasteiger partial charge in [0, 0.05) is 47.0 Å². The van der Waals surface area contributed by atoms with E-state index in [1.165, 1.54) is 0 Å². The molecule has 0 spiro atoms. The predicted octanol–water partition coefficient (Wildman–Crippen LogP) is -2.55. The molecule has 234 valence electrons. The Morgan fingerprint density at radius 2 is 0.744 bits per heavy atom. The molecule has 39 heavy (non-hydrogen) atoms. The zero-order chi connectivity index (χ0) is 30.6. The van der Waals surface area contributed by atoms with E-state index in [-0.39, 0.29) is 25.4 Å². The Labute approximate surface area is 223 Å². The van der Waals surface area contributed by atoms with Crippen LogP contribution in [0.15, 0.2) is 0 Å². The van der Waals surface area contributed by atoms with Crippen molar-refractivity contribution >= 4 is 41.8 Å². The van der Waals surface area contributed by atoms with Gasteiger partial charge in [-0.3, -0.25) is 43.4 Å². The Morgan fingerprint density at radius 3 is 0.821 bits per heavy atom. The second kappa shape index (κ2) is 36.2. The quantitative estimate of drug-likeness (QED) is 0.0993. The monoisotopic (exact) mass is 582 g/mol. The van der Waals surface area contributed by atoms with E-state index in [4.69, 9.17) is 61.1 Å². The van der Waals surface area contributed by atoms with Crippen LogP contribution in [-0.4, -0.2) is 145 Å². The van der Waals surface area contributed by atoms with E-state index in [2.05, 4.69) is 0 Å². The second-order valence-corrected chi connectivity index (χ2v) is 6.25. The van der Waals surface area contributed by atoms with E-state index in [9.17, 15) is 19.2 Å². The Bertz CT molecular complexity index is 583. The van der Waals surface area contributed by atoms with Crippen LogP contribution in [-0.2, 0) is 33.6 Å². The van der Waals surface area contributed by atoms with Crippen molar-refractivity contribution in [3.8, 4) is 0 Å². The number of hydroxylamine groups is 1. The van der Waals surface area contributed by atoms with Crippen molar-refractivity contribution in [2.45, 2.75) is 20.8 Å². The fraction of sp³-hybridized carbons (Fsp3) is 0.611. The Hall–Kier alpha value is -3.99. The average Bonchev–Trinajstić information content (AvgIpc) is 2.64. The number of nitrogens with zero attached hydrogens (tertiary/aromatic N) is 2. The summed E-state index contributed by atoms with van der Waals surface area (Å²) in [7, 11) is 0. The first-order chi connectivity index (χ1) is 16.8. The van der Waals surface area contributed by atoms with Crippen molar-refractivity contribution < 1.29 is 74.5 Å². The molecule has 0 aromatic heterocycles. The zero-order valence-electron chi connectivity index (χ0n) is 22.0. The lowest BCUT2D eigenvalue weighted by Gasteiger charge is -2.23. The molecule has 17 N–H and O–H groups in total. The molecule has 21 nitrogen and oxygen atoms in total. The fourth-order valence-electron chi connectivity index (χ4n) is 1.54. The largest absolute Gasteiger partial charge is 0.481 e. The molecule has 0 rings (SSSR count). The van der Waals surface area contributed by atoms with Crippen molar-refractivity contribution in [2.24, 2.45) is 5.73 Å². The zero-order valence-corrected chi connectivity index (χ0v) is 22.0. The molecule has 0 aliphatic carbocycles. The molecule has 0 fully saturated rings.